The van der Waals surface area contributed by atoms with Crippen LogP contribution in [-0.2, 0) is 40.5 Å². The number of urea groups is 1. The van der Waals surface area contributed by atoms with Gasteiger partial charge in [-0.05, 0) is 74.6 Å². The van der Waals surface area contributed by atoms with Crippen LogP contribution in [-0.4, -0.2) is 44.1 Å². The fraction of sp³-hybridized carbons (Fsp3) is 0.600. The van der Waals surface area contributed by atoms with Gasteiger partial charge in [-0.2, -0.15) is 0 Å². The molecule has 3 amide bonds. The van der Waals surface area contributed by atoms with Crippen molar-refractivity contribution in [3.05, 3.63) is 28.3 Å². The zero-order valence-corrected chi connectivity index (χ0v) is 17.6. The third kappa shape index (κ3) is 4.48. The van der Waals surface area contributed by atoms with Crippen LogP contribution in [0.25, 0.3) is 0 Å². The van der Waals surface area contributed by atoms with Crippen LogP contribution < -0.4 is 10.0 Å². The van der Waals surface area contributed by atoms with Gasteiger partial charge in [-0.25, -0.2) is 17.9 Å². The van der Waals surface area contributed by atoms with E-state index in [9.17, 15) is 18.0 Å². The van der Waals surface area contributed by atoms with E-state index in [4.69, 9.17) is 0 Å². The lowest BCUT2D eigenvalue weighted by atomic mass is 9.99. The molecular weight excluding hydrogens is 378 g/mol. The maximum absolute atomic E-state index is 12.4. The van der Waals surface area contributed by atoms with E-state index in [1.807, 2.05) is 13.8 Å². The lowest BCUT2D eigenvalue weighted by Gasteiger charge is -2.21. The number of rotatable bonds is 6. The lowest BCUT2D eigenvalue weighted by molar-refractivity contribution is -0.130. The van der Waals surface area contributed by atoms with Crippen LogP contribution in [0.2, 0.25) is 0 Å². The van der Waals surface area contributed by atoms with Gasteiger partial charge in [-0.15, -0.1) is 0 Å². The SMILES string of the molecule is CC(C)N(C)C(=O)CCS(=O)(=O)NC(=O)Nc1c2c(cc3c1CCC3)CCC2. The predicted molar refractivity (Wildman–Crippen MR) is 109 cm³/mol. The Balaban J connectivity index is 1.66. The minimum absolute atomic E-state index is 0.00580. The molecule has 2 aliphatic rings. The number of aryl methyl sites for hydroxylation is 2. The van der Waals surface area contributed by atoms with E-state index in [2.05, 4.69) is 16.1 Å². The van der Waals surface area contributed by atoms with Crippen LogP contribution >= 0.6 is 0 Å². The molecule has 0 radical (unpaired) electrons. The molecule has 7 nitrogen and oxygen atoms in total. The van der Waals surface area contributed by atoms with Crippen LogP contribution in [0.4, 0.5) is 10.5 Å². The molecule has 0 bridgehead atoms. The van der Waals surface area contributed by atoms with Crippen LogP contribution in [0.1, 0.15) is 55.4 Å². The molecule has 0 aromatic heterocycles. The Labute approximate surface area is 166 Å². The maximum atomic E-state index is 12.4. The number of carbonyl (C=O) groups is 2. The largest absolute Gasteiger partial charge is 0.343 e. The van der Waals surface area contributed by atoms with Crippen molar-refractivity contribution in [1.29, 1.82) is 0 Å². The highest BCUT2D eigenvalue weighted by Gasteiger charge is 2.26. The molecule has 2 N–H and O–H groups in total. The minimum atomic E-state index is -3.89. The number of amides is 3. The highest BCUT2D eigenvalue weighted by molar-refractivity contribution is 7.90. The molecule has 8 heteroatoms. The third-order valence-electron chi connectivity index (χ3n) is 5.71. The predicted octanol–water partition coefficient (Wildman–Crippen LogP) is 2.37. The molecule has 3 rings (SSSR count). The van der Waals surface area contributed by atoms with Gasteiger partial charge in [0.1, 0.15) is 0 Å². The van der Waals surface area contributed by atoms with Crippen molar-refractivity contribution in [1.82, 2.24) is 9.62 Å². The molecule has 0 spiro atoms. The number of anilines is 1. The molecular formula is C20H29N3O4S. The van der Waals surface area contributed by atoms with Crippen molar-refractivity contribution in [2.45, 2.75) is 64.8 Å². The molecule has 0 unspecified atom stereocenters. The van der Waals surface area contributed by atoms with Crippen LogP contribution in [0.15, 0.2) is 6.07 Å². The first-order valence-corrected chi connectivity index (χ1v) is 11.6. The van der Waals surface area contributed by atoms with Gasteiger partial charge in [0.25, 0.3) is 0 Å². The Morgan fingerprint density at radius 3 is 2.18 bits per heavy atom. The maximum Gasteiger partial charge on any atom is 0.332 e. The van der Waals surface area contributed by atoms with E-state index in [0.717, 1.165) is 55.3 Å². The van der Waals surface area contributed by atoms with Gasteiger partial charge < -0.3 is 10.2 Å². The molecule has 0 atom stereocenters. The van der Waals surface area contributed by atoms with Gasteiger partial charge in [-0.1, -0.05) is 6.07 Å². The number of hydrogen-bond donors (Lipinski definition) is 2. The molecule has 1 aromatic rings. The molecule has 0 aliphatic heterocycles. The third-order valence-corrected chi connectivity index (χ3v) is 6.95. The molecule has 0 saturated heterocycles. The first-order valence-electron chi connectivity index (χ1n) is 9.91. The summed E-state index contributed by atoms with van der Waals surface area (Å²) in [6.07, 6.45) is 5.76. The van der Waals surface area contributed by atoms with E-state index >= 15 is 0 Å². The first kappa shape index (κ1) is 20.6. The van der Waals surface area contributed by atoms with Gasteiger partial charge >= 0.3 is 6.03 Å². The monoisotopic (exact) mass is 407 g/mol. The summed E-state index contributed by atoms with van der Waals surface area (Å²) < 4.78 is 26.6. The number of nitrogens with one attached hydrogen (secondary N) is 2. The summed E-state index contributed by atoms with van der Waals surface area (Å²) in [5.41, 5.74) is 5.61. The number of benzene rings is 1. The highest BCUT2D eigenvalue weighted by Crippen LogP contribution is 2.38. The summed E-state index contributed by atoms with van der Waals surface area (Å²) in [6.45, 7) is 3.71. The molecule has 0 saturated carbocycles. The molecule has 0 heterocycles. The summed E-state index contributed by atoms with van der Waals surface area (Å²) >= 11 is 0. The zero-order valence-electron chi connectivity index (χ0n) is 16.8. The average Bonchev–Trinajstić information content (AvgIpc) is 3.27. The van der Waals surface area contributed by atoms with Crippen molar-refractivity contribution >= 4 is 27.6 Å². The normalized spacial score (nSPS) is 15.3. The fourth-order valence-electron chi connectivity index (χ4n) is 3.98. The second-order valence-corrected chi connectivity index (χ2v) is 9.80. The summed E-state index contributed by atoms with van der Waals surface area (Å²) in [5, 5.41) is 2.80. The first-order chi connectivity index (χ1) is 13.2. The summed E-state index contributed by atoms with van der Waals surface area (Å²) in [4.78, 5) is 25.9. The fourth-order valence-corrected chi connectivity index (χ4v) is 4.86. The zero-order chi connectivity index (χ0) is 20.5. The Morgan fingerprint density at radius 1 is 1.07 bits per heavy atom. The quantitative estimate of drug-likeness (QED) is 0.757. The van der Waals surface area contributed by atoms with Crippen molar-refractivity contribution in [2.75, 3.05) is 18.1 Å². The topological polar surface area (TPSA) is 95.6 Å². The molecule has 154 valence electrons. The van der Waals surface area contributed by atoms with Crippen LogP contribution in [0, 0.1) is 0 Å². The molecule has 0 fully saturated rings. The number of fused-ring (bicyclic) bond motifs is 2. The Bertz CT molecular complexity index is 861. The Hall–Kier alpha value is -2.09. The highest BCUT2D eigenvalue weighted by atomic mass is 32.2. The van der Waals surface area contributed by atoms with Gasteiger partial charge in [0.15, 0.2) is 0 Å². The van der Waals surface area contributed by atoms with Gasteiger partial charge in [0.05, 0.1) is 5.75 Å². The summed E-state index contributed by atoms with van der Waals surface area (Å²) in [5.74, 6) is -0.680. The Morgan fingerprint density at radius 2 is 1.64 bits per heavy atom. The number of carbonyl (C=O) groups excluding carboxylic acids is 2. The second-order valence-electron chi connectivity index (χ2n) is 7.96. The lowest BCUT2D eigenvalue weighted by Crippen LogP contribution is -2.39. The van der Waals surface area contributed by atoms with Gasteiger partial charge in [0.2, 0.25) is 15.9 Å². The average molecular weight is 408 g/mol. The Kier molecular flexibility index (Phi) is 5.98. The second kappa shape index (κ2) is 8.11. The van der Waals surface area contributed by atoms with Crippen molar-refractivity contribution in [3.8, 4) is 0 Å². The molecule has 2 aliphatic carbocycles. The molecule has 1 aromatic carbocycles. The standard InChI is InChI=1S/C20H29N3O4S/c1-13(2)23(3)18(24)10-11-28(26,27)22-20(25)21-19-16-8-4-6-14(16)12-15-7-5-9-17(15)19/h12-13H,4-11H2,1-3H3,(H2,21,22,25). The molecule has 28 heavy (non-hydrogen) atoms. The summed E-state index contributed by atoms with van der Waals surface area (Å²) in [6, 6.07) is 1.49. The van der Waals surface area contributed by atoms with Crippen LogP contribution in [0.5, 0.6) is 0 Å². The van der Waals surface area contributed by atoms with Crippen molar-refractivity contribution in [3.63, 3.8) is 0 Å². The van der Waals surface area contributed by atoms with E-state index in [1.165, 1.54) is 16.0 Å². The number of hydrogen-bond acceptors (Lipinski definition) is 4. The minimum Gasteiger partial charge on any atom is -0.343 e. The van der Waals surface area contributed by atoms with Crippen LogP contribution in [0.3, 0.4) is 0 Å². The van der Waals surface area contributed by atoms with Gasteiger partial charge in [0, 0.05) is 25.2 Å². The van der Waals surface area contributed by atoms with E-state index in [0.29, 0.717) is 0 Å². The number of nitrogens with zero attached hydrogens (tertiary/aromatic N) is 1. The van der Waals surface area contributed by atoms with E-state index in [-0.39, 0.29) is 18.4 Å². The van der Waals surface area contributed by atoms with Crippen molar-refractivity contribution < 1.29 is 18.0 Å². The van der Waals surface area contributed by atoms with Crippen molar-refractivity contribution in [2.24, 2.45) is 0 Å². The van der Waals surface area contributed by atoms with Gasteiger partial charge in [-0.3, -0.25) is 4.79 Å². The summed E-state index contributed by atoms with van der Waals surface area (Å²) in [7, 11) is -2.26. The van der Waals surface area contributed by atoms with E-state index < -0.39 is 21.8 Å². The number of sulfonamides is 1. The smallest absolute Gasteiger partial charge is 0.332 e. The van der Waals surface area contributed by atoms with E-state index in [1.54, 1.807) is 7.05 Å².